The maximum Gasteiger partial charge on any atom is 0.279 e. The molecule has 0 spiro atoms. The van der Waals surface area contributed by atoms with Crippen molar-refractivity contribution in [2.45, 2.75) is 12.5 Å². The Morgan fingerprint density at radius 1 is 1.55 bits per heavy atom. The van der Waals surface area contributed by atoms with Crippen molar-refractivity contribution in [2.75, 3.05) is 6.54 Å². The molecule has 0 aliphatic rings. The zero-order valence-electron chi connectivity index (χ0n) is 5.87. The summed E-state index contributed by atoms with van der Waals surface area (Å²) >= 11 is 0. The van der Waals surface area contributed by atoms with Crippen molar-refractivity contribution in [3.05, 3.63) is 18.5 Å². The van der Waals surface area contributed by atoms with Gasteiger partial charge >= 0.3 is 0 Å². The number of rotatable bonds is 3. The normalized spacial score (nSPS) is 11.9. The molecule has 1 aromatic heterocycles. The molecule has 0 aliphatic carbocycles. The Morgan fingerprint density at radius 2 is 2.27 bits per heavy atom. The van der Waals surface area contributed by atoms with Gasteiger partial charge in [-0.2, -0.15) is 5.10 Å². The number of aromatic nitrogens is 2. The Bertz CT molecular complexity index is 208. The predicted molar refractivity (Wildman–Crippen MR) is 36.2 cm³/mol. The Kier molecular flexibility index (Phi) is 2.19. The van der Waals surface area contributed by atoms with Crippen molar-refractivity contribution >= 4 is 0 Å². The lowest BCUT2D eigenvalue weighted by Crippen LogP contribution is -2.32. The highest BCUT2D eigenvalue weighted by atomic mass is 19.3. The first kappa shape index (κ1) is 8.13. The van der Waals surface area contributed by atoms with Crippen molar-refractivity contribution in [3.63, 3.8) is 0 Å². The first-order valence-corrected chi connectivity index (χ1v) is 3.19. The molecule has 0 unspecified atom stereocenters. The van der Waals surface area contributed by atoms with Crippen molar-refractivity contribution in [2.24, 2.45) is 5.73 Å². The van der Waals surface area contributed by atoms with E-state index in [1.807, 2.05) is 0 Å². The van der Waals surface area contributed by atoms with Gasteiger partial charge in [0, 0.05) is 12.4 Å². The van der Waals surface area contributed by atoms with E-state index >= 15 is 0 Å². The average Bonchev–Trinajstić information content (AvgIpc) is 2.39. The molecule has 0 saturated heterocycles. The summed E-state index contributed by atoms with van der Waals surface area (Å²) in [7, 11) is 0. The first-order chi connectivity index (χ1) is 5.14. The van der Waals surface area contributed by atoms with Gasteiger partial charge in [0.1, 0.15) is 6.54 Å². The van der Waals surface area contributed by atoms with Crippen molar-refractivity contribution in [1.29, 1.82) is 0 Å². The van der Waals surface area contributed by atoms with Crippen LogP contribution in [0.4, 0.5) is 8.78 Å². The van der Waals surface area contributed by atoms with Crippen molar-refractivity contribution < 1.29 is 8.78 Å². The Labute approximate surface area is 62.8 Å². The molecule has 1 heterocycles. The van der Waals surface area contributed by atoms with E-state index in [4.69, 9.17) is 5.73 Å². The molecule has 0 atom stereocenters. The Morgan fingerprint density at radius 3 is 2.73 bits per heavy atom. The minimum atomic E-state index is -2.86. The third kappa shape index (κ3) is 2.27. The molecular formula is C6H9F2N3. The molecule has 3 nitrogen and oxygen atoms in total. The summed E-state index contributed by atoms with van der Waals surface area (Å²) in [6, 6.07) is 1.59. The van der Waals surface area contributed by atoms with Crippen LogP contribution in [0.1, 0.15) is 0 Å². The van der Waals surface area contributed by atoms with E-state index in [1.54, 1.807) is 6.07 Å². The first-order valence-electron chi connectivity index (χ1n) is 3.19. The summed E-state index contributed by atoms with van der Waals surface area (Å²) in [5, 5.41) is 3.63. The second-order valence-corrected chi connectivity index (χ2v) is 2.26. The summed E-state index contributed by atoms with van der Waals surface area (Å²) in [5.74, 6) is -2.86. The molecule has 0 aromatic carbocycles. The summed E-state index contributed by atoms with van der Waals surface area (Å²) in [6.07, 6.45) is 2.93. The van der Waals surface area contributed by atoms with Gasteiger partial charge in [-0.25, -0.2) is 8.78 Å². The van der Waals surface area contributed by atoms with Crippen LogP contribution in [0.5, 0.6) is 0 Å². The lowest BCUT2D eigenvalue weighted by atomic mass is 10.3. The molecule has 62 valence electrons. The van der Waals surface area contributed by atoms with E-state index in [-0.39, 0.29) is 0 Å². The number of hydrogen-bond acceptors (Lipinski definition) is 2. The minimum absolute atomic E-state index is 0.448. The van der Waals surface area contributed by atoms with Crippen LogP contribution in [0.15, 0.2) is 18.5 Å². The highest BCUT2D eigenvalue weighted by Crippen LogP contribution is 2.12. The second-order valence-electron chi connectivity index (χ2n) is 2.26. The van der Waals surface area contributed by atoms with Crippen LogP contribution in [0.25, 0.3) is 0 Å². The zero-order chi connectivity index (χ0) is 8.32. The van der Waals surface area contributed by atoms with Crippen LogP contribution in [0, 0.1) is 0 Å². The molecular weight excluding hydrogens is 152 g/mol. The van der Waals surface area contributed by atoms with Crippen LogP contribution in [0.3, 0.4) is 0 Å². The number of nitrogens with two attached hydrogens (primary N) is 1. The molecule has 1 rings (SSSR count). The fourth-order valence-electron chi connectivity index (χ4n) is 0.696. The van der Waals surface area contributed by atoms with Gasteiger partial charge in [0.2, 0.25) is 0 Å². The van der Waals surface area contributed by atoms with Gasteiger partial charge in [-0.15, -0.1) is 0 Å². The molecule has 1 aromatic rings. The van der Waals surface area contributed by atoms with Crippen LogP contribution in [-0.4, -0.2) is 22.2 Å². The molecule has 0 bridgehead atoms. The molecule has 0 aliphatic heterocycles. The standard InChI is InChI=1S/C6H9F2N3/c7-6(8,4-9)5-11-3-1-2-10-11/h1-3H,4-5,9H2. The quantitative estimate of drug-likeness (QED) is 0.700. The maximum absolute atomic E-state index is 12.5. The molecule has 5 heteroatoms. The van der Waals surface area contributed by atoms with Crippen LogP contribution in [0.2, 0.25) is 0 Å². The van der Waals surface area contributed by atoms with Crippen LogP contribution >= 0.6 is 0 Å². The Hall–Kier alpha value is -0.970. The fourth-order valence-corrected chi connectivity index (χ4v) is 0.696. The second kappa shape index (κ2) is 2.96. The van der Waals surface area contributed by atoms with Crippen LogP contribution in [-0.2, 0) is 6.54 Å². The average molecular weight is 161 g/mol. The van der Waals surface area contributed by atoms with E-state index in [9.17, 15) is 8.78 Å². The summed E-state index contributed by atoms with van der Waals surface area (Å²) < 4.78 is 26.2. The SMILES string of the molecule is NCC(F)(F)Cn1cccn1. The predicted octanol–water partition coefficient (Wildman–Crippen LogP) is 0.477. The van der Waals surface area contributed by atoms with Gasteiger partial charge in [-0.1, -0.05) is 0 Å². The summed E-state index contributed by atoms with van der Waals surface area (Å²) in [4.78, 5) is 0. The number of hydrogen-bond donors (Lipinski definition) is 1. The number of halogens is 2. The molecule has 2 N–H and O–H groups in total. The third-order valence-corrected chi connectivity index (χ3v) is 1.25. The number of alkyl halides is 2. The van der Waals surface area contributed by atoms with E-state index in [2.05, 4.69) is 5.10 Å². The maximum atomic E-state index is 12.5. The lowest BCUT2D eigenvalue weighted by Gasteiger charge is -2.12. The number of nitrogens with zero attached hydrogens (tertiary/aromatic N) is 2. The van der Waals surface area contributed by atoms with E-state index < -0.39 is 19.0 Å². The summed E-state index contributed by atoms with van der Waals surface area (Å²) in [6.45, 7) is -1.09. The van der Waals surface area contributed by atoms with Gasteiger partial charge in [-0.05, 0) is 6.07 Å². The molecule has 0 amide bonds. The summed E-state index contributed by atoms with van der Waals surface area (Å²) in [5.41, 5.74) is 4.83. The van der Waals surface area contributed by atoms with E-state index in [0.29, 0.717) is 0 Å². The topological polar surface area (TPSA) is 43.8 Å². The highest BCUT2D eigenvalue weighted by Gasteiger charge is 2.27. The Balaban J connectivity index is 2.56. The van der Waals surface area contributed by atoms with Gasteiger partial charge in [0.25, 0.3) is 5.92 Å². The van der Waals surface area contributed by atoms with Gasteiger partial charge < -0.3 is 5.73 Å². The molecule has 0 saturated carbocycles. The molecule has 0 fully saturated rings. The minimum Gasteiger partial charge on any atom is -0.325 e. The highest BCUT2D eigenvalue weighted by molar-refractivity contribution is 4.80. The van der Waals surface area contributed by atoms with Gasteiger partial charge in [0.15, 0.2) is 0 Å². The largest absolute Gasteiger partial charge is 0.325 e. The lowest BCUT2D eigenvalue weighted by molar-refractivity contribution is -0.00979. The van der Waals surface area contributed by atoms with Gasteiger partial charge in [-0.3, -0.25) is 4.68 Å². The smallest absolute Gasteiger partial charge is 0.279 e. The zero-order valence-corrected chi connectivity index (χ0v) is 5.87. The third-order valence-electron chi connectivity index (χ3n) is 1.25. The van der Waals surface area contributed by atoms with Crippen molar-refractivity contribution in [3.8, 4) is 0 Å². The van der Waals surface area contributed by atoms with E-state index in [1.165, 1.54) is 12.4 Å². The van der Waals surface area contributed by atoms with Crippen LogP contribution < -0.4 is 5.73 Å². The van der Waals surface area contributed by atoms with Crippen molar-refractivity contribution in [1.82, 2.24) is 9.78 Å². The monoisotopic (exact) mass is 161 g/mol. The van der Waals surface area contributed by atoms with Gasteiger partial charge in [0.05, 0.1) is 6.54 Å². The molecule has 0 radical (unpaired) electrons. The van der Waals surface area contributed by atoms with E-state index in [0.717, 1.165) is 4.68 Å². The fraction of sp³-hybridized carbons (Fsp3) is 0.500. The molecule has 11 heavy (non-hydrogen) atoms.